The van der Waals surface area contributed by atoms with Crippen molar-refractivity contribution in [1.29, 1.82) is 0 Å². The summed E-state index contributed by atoms with van der Waals surface area (Å²) in [4.78, 5) is 2.66. The van der Waals surface area contributed by atoms with Crippen LogP contribution in [0.1, 0.15) is 52.9 Å². The Morgan fingerprint density at radius 3 is 2.27 bits per heavy atom. The van der Waals surface area contributed by atoms with E-state index < -0.39 is 0 Å². The van der Waals surface area contributed by atoms with Crippen molar-refractivity contribution < 1.29 is 0 Å². The van der Waals surface area contributed by atoms with E-state index in [0.29, 0.717) is 11.3 Å². The van der Waals surface area contributed by atoms with E-state index in [1.165, 1.54) is 45.2 Å². The Hall–Kier alpha value is 0.310. The van der Waals surface area contributed by atoms with Crippen LogP contribution in [0, 0.1) is 5.92 Å². The minimum absolute atomic E-state index is 0.572. The molecule has 2 atom stereocenters. The van der Waals surface area contributed by atoms with Gasteiger partial charge in [0.25, 0.3) is 0 Å². The van der Waals surface area contributed by atoms with Gasteiger partial charge in [0, 0.05) is 11.3 Å². The second kappa shape index (κ2) is 6.80. The standard InChI is InChI=1S/C13H27NS/c1-4-5-8-12(15)13(11(2)3)14-9-6-7-10-14/h11-13,15H,4-10H2,1-3H3/t12-,13-/m0/s1. The van der Waals surface area contributed by atoms with E-state index in [9.17, 15) is 0 Å². The lowest BCUT2D eigenvalue weighted by molar-refractivity contribution is 0.183. The summed E-state index contributed by atoms with van der Waals surface area (Å²) in [6, 6.07) is 0.697. The number of rotatable bonds is 6. The van der Waals surface area contributed by atoms with Crippen LogP contribution in [0.25, 0.3) is 0 Å². The Morgan fingerprint density at radius 1 is 1.20 bits per heavy atom. The molecular weight excluding hydrogens is 202 g/mol. The average molecular weight is 229 g/mol. The molecule has 0 spiro atoms. The first-order chi connectivity index (χ1) is 7.16. The minimum Gasteiger partial charge on any atom is -0.299 e. The number of unbranched alkanes of at least 4 members (excludes halogenated alkanes) is 1. The highest BCUT2D eigenvalue weighted by Gasteiger charge is 2.29. The van der Waals surface area contributed by atoms with Gasteiger partial charge in [-0.05, 0) is 38.3 Å². The van der Waals surface area contributed by atoms with Crippen LogP contribution < -0.4 is 0 Å². The zero-order valence-electron chi connectivity index (χ0n) is 10.6. The van der Waals surface area contributed by atoms with E-state index in [1.54, 1.807) is 0 Å². The molecule has 0 saturated carbocycles. The molecule has 0 aromatic heterocycles. The quantitative estimate of drug-likeness (QED) is 0.681. The summed E-state index contributed by atoms with van der Waals surface area (Å²) >= 11 is 4.83. The smallest absolute Gasteiger partial charge is 0.0235 e. The second-order valence-corrected chi connectivity index (χ2v) is 5.85. The number of thiol groups is 1. The van der Waals surface area contributed by atoms with Crippen molar-refractivity contribution in [2.75, 3.05) is 13.1 Å². The van der Waals surface area contributed by atoms with Crippen molar-refractivity contribution in [3.63, 3.8) is 0 Å². The lowest BCUT2D eigenvalue weighted by Crippen LogP contribution is -2.43. The van der Waals surface area contributed by atoms with Crippen molar-refractivity contribution in [3.8, 4) is 0 Å². The molecule has 2 heteroatoms. The number of likely N-dealkylation sites (tertiary alicyclic amines) is 1. The molecule has 0 amide bonds. The summed E-state index contributed by atoms with van der Waals surface area (Å²) < 4.78 is 0. The predicted molar refractivity (Wildman–Crippen MR) is 71.7 cm³/mol. The summed E-state index contributed by atoms with van der Waals surface area (Å²) in [6.07, 6.45) is 6.67. The molecule has 1 aliphatic heterocycles. The fraction of sp³-hybridized carbons (Fsp3) is 1.00. The van der Waals surface area contributed by atoms with Crippen LogP contribution in [0.5, 0.6) is 0 Å². The van der Waals surface area contributed by atoms with Gasteiger partial charge >= 0.3 is 0 Å². The third-order valence-electron chi connectivity index (χ3n) is 3.49. The lowest BCUT2D eigenvalue weighted by Gasteiger charge is -2.35. The van der Waals surface area contributed by atoms with Crippen LogP contribution in [0.2, 0.25) is 0 Å². The van der Waals surface area contributed by atoms with Crippen LogP contribution in [0.15, 0.2) is 0 Å². The van der Waals surface area contributed by atoms with Gasteiger partial charge in [0.15, 0.2) is 0 Å². The van der Waals surface area contributed by atoms with Gasteiger partial charge in [-0.2, -0.15) is 12.6 Å². The van der Waals surface area contributed by atoms with Gasteiger partial charge in [-0.25, -0.2) is 0 Å². The van der Waals surface area contributed by atoms with E-state index in [2.05, 4.69) is 25.7 Å². The zero-order valence-corrected chi connectivity index (χ0v) is 11.5. The molecule has 0 radical (unpaired) electrons. The molecule has 1 saturated heterocycles. The molecule has 1 aliphatic rings. The summed E-state index contributed by atoms with van der Waals surface area (Å²) in [5.74, 6) is 0.738. The van der Waals surface area contributed by atoms with Gasteiger partial charge < -0.3 is 0 Å². The van der Waals surface area contributed by atoms with E-state index in [1.807, 2.05) is 0 Å². The largest absolute Gasteiger partial charge is 0.299 e. The van der Waals surface area contributed by atoms with Crippen molar-refractivity contribution in [2.45, 2.75) is 64.2 Å². The highest BCUT2D eigenvalue weighted by Crippen LogP contribution is 2.26. The molecular formula is C13H27NS. The van der Waals surface area contributed by atoms with Crippen molar-refractivity contribution >= 4 is 12.6 Å². The Balaban J connectivity index is 2.47. The predicted octanol–water partition coefficient (Wildman–Crippen LogP) is 3.60. The Morgan fingerprint density at radius 2 is 1.80 bits per heavy atom. The van der Waals surface area contributed by atoms with Crippen LogP contribution >= 0.6 is 12.6 Å². The Bertz CT molecular complexity index is 164. The molecule has 0 aliphatic carbocycles. The maximum Gasteiger partial charge on any atom is 0.0235 e. The van der Waals surface area contributed by atoms with Gasteiger partial charge in [0.2, 0.25) is 0 Å². The van der Waals surface area contributed by atoms with Gasteiger partial charge in [0.1, 0.15) is 0 Å². The fourth-order valence-corrected chi connectivity index (χ4v) is 3.45. The second-order valence-electron chi connectivity index (χ2n) is 5.19. The first-order valence-corrected chi connectivity index (χ1v) is 7.10. The monoisotopic (exact) mass is 229 g/mol. The van der Waals surface area contributed by atoms with Crippen LogP contribution in [0.3, 0.4) is 0 Å². The van der Waals surface area contributed by atoms with Crippen LogP contribution in [0.4, 0.5) is 0 Å². The molecule has 0 aromatic rings. The topological polar surface area (TPSA) is 3.24 Å². The third kappa shape index (κ3) is 3.99. The third-order valence-corrected chi connectivity index (χ3v) is 4.06. The molecule has 0 N–H and O–H groups in total. The number of hydrogen-bond acceptors (Lipinski definition) is 2. The lowest BCUT2D eigenvalue weighted by atomic mass is 9.96. The van der Waals surface area contributed by atoms with E-state index in [0.717, 1.165) is 5.92 Å². The molecule has 90 valence electrons. The van der Waals surface area contributed by atoms with Crippen molar-refractivity contribution in [1.82, 2.24) is 4.90 Å². The minimum atomic E-state index is 0.572. The van der Waals surface area contributed by atoms with Crippen molar-refractivity contribution in [3.05, 3.63) is 0 Å². The van der Waals surface area contributed by atoms with E-state index >= 15 is 0 Å². The summed E-state index contributed by atoms with van der Waals surface area (Å²) in [6.45, 7) is 9.55. The Kier molecular flexibility index (Phi) is 6.06. The maximum absolute atomic E-state index is 4.83. The summed E-state index contributed by atoms with van der Waals surface area (Å²) in [5.41, 5.74) is 0. The molecule has 1 heterocycles. The molecule has 0 bridgehead atoms. The first-order valence-electron chi connectivity index (χ1n) is 6.59. The van der Waals surface area contributed by atoms with Gasteiger partial charge in [-0.3, -0.25) is 4.90 Å². The highest BCUT2D eigenvalue weighted by atomic mass is 32.1. The Labute approximate surface area is 101 Å². The maximum atomic E-state index is 4.83. The molecule has 0 unspecified atom stereocenters. The van der Waals surface area contributed by atoms with Crippen molar-refractivity contribution in [2.24, 2.45) is 5.92 Å². The molecule has 15 heavy (non-hydrogen) atoms. The number of hydrogen-bond donors (Lipinski definition) is 1. The fourth-order valence-electron chi connectivity index (χ4n) is 2.73. The van der Waals surface area contributed by atoms with Gasteiger partial charge in [-0.1, -0.05) is 33.6 Å². The molecule has 0 aromatic carbocycles. The first kappa shape index (κ1) is 13.4. The normalized spacial score (nSPS) is 22.2. The SMILES string of the molecule is CCCC[C@H](S)[C@H](C(C)C)N1CCCC1. The molecule has 1 fully saturated rings. The van der Waals surface area contributed by atoms with E-state index in [4.69, 9.17) is 12.6 Å². The van der Waals surface area contributed by atoms with Crippen LogP contribution in [-0.2, 0) is 0 Å². The molecule has 1 nitrogen and oxygen atoms in total. The van der Waals surface area contributed by atoms with E-state index in [-0.39, 0.29) is 0 Å². The summed E-state index contributed by atoms with van der Waals surface area (Å²) in [5, 5.41) is 0.572. The number of nitrogens with zero attached hydrogens (tertiary/aromatic N) is 1. The molecule has 1 rings (SSSR count). The highest BCUT2D eigenvalue weighted by molar-refractivity contribution is 7.81. The summed E-state index contributed by atoms with van der Waals surface area (Å²) in [7, 11) is 0. The average Bonchev–Trinajstić information content (AvgIpc) is 2.67. The zero-order chi connectivity index (χ0) is 11.3. The van der Waals surface area contributed by atoms with Gasteiger partial charge in [0.05, 0.1) is 0 Å². The van der Waals surface area contributed by atoms with Gasteiger partial charge in [-0.15, -0.1) is 0 Å². The van der Waals surface area contributed by atoms with Crippen LogP contribution in [-0.4, -0.2) is 29.3 Å².